The molecule has 1 aliphatic heterocycles. The molecule has 0 bridgehead atoms. The first kappa shape index (κ1) is 14.8. The molecule has 23 heavy (non-hydrogen) atoms. The van der Waals surface area contributed by atoms with Crippen molar-refractivity contribution >= 4 is 28.9 Å². The van der Waals surface area contributed by atoms with Crippen molar-refractivity contribution in [1.82, 2.24) is 0 Å². The van der Waals surface area contributed by atoms with E-state index in [4.69, 9.17) is 9.84 Å². The SMILES string of the molecule is CO/C(=C1\C(=O)Nc2cc(C(=O)O)ccc21)c1ccc(F)cc1. The Kier molecular flexibility index (Phi) is 3.57. The van der Waals surface area contributed by atoms with Crippen LogP contribution in [-0.2, 0) is 9.53 Å². The largest absolute Gasteiger partial charge is 0.495 e. The molecule has 0 fully saturated rings. The zero-order valence-electron chi connectivity index (χ0n) is 12.1. The molecule has 0 aliphatic carbocycles. The summed E-state index contributed by atoms with van der Waals surface area (Å²) in [6.07, 6.45) is 0. The zero-order chi connectivity index (χ0) is 16.6. The Hall–Kier alpha value is -3.15. The van der Waals surface area contributed by atoms with E-state index in [0.717, 1.165) is 0 Å². The van der Waals surface area contributed by atoms with E-state index in [1.165, 1.54) is 43.5 Å². The summed E-state index contributed by atoms with van der Waals surface area (Å²) in [6, 6.07) is 9.93. The highest BCUT2D eigenvalue weighted by molar-refractivity contribution is 6.36. The Morgan fingerprint density at radius 2 is 1.78 bits per heavy atom. The van der Waals surface area contributed by atoms with Gasteiger partial charge < -0.3 is 15.2 Å². The van der Waals surface area contributed by atoms with Gasteiger partial charge in [-0.05, 0) is 36.4 Å². The second-order valence-electron chi connectivity index (χ2n) is 4.93. The predicted octanol–water partition coefficient (Wildman–Crippen LogP) is 2.99. The standard InChI is InChI=1S/C17H12FNO4/c1-23-15(9-2-5-11(18)6-3-9)14-12-7-4-10(17(21)22)8-13(12)19-16(14)20/h2-8H,1H3,(H,19,20)(H,21,22)/b15-14-. The van der Waals surface area contributed by atoms with Crippen LogP contribution in [0.5, 0.6) is 0 Å². The number of aromatic carboxylic acids is 1. The van der Waals surface area contributed by atoms with E-state index in [9.17, 15) is 14.0 Å². The van der Waals surface area contributed by atoms with Gasteiger partial charge in [-0.15, -0.1) is 0 Å². The first-order chi connectivity index (χ1) is 11.0. The second-order valence-corrected chi connectivity index (χ2v) is 4.93. The Balaban J connectivity index is 2.17. The lowest BCUT2D eigenvalue weighted by molar-refractivity contribution is -0.110. The summed E-state index contributed by atoms with van der Waals surface area (Å²) in [4.78, 5) is 23.3. The molecule has 1 amide bonds. The lowest BCUT2D eigenvalue weighted by Gasteiger charge is -2.10. The van der Waals surface area contributed by atoms with Gasteiger partial charge in [-0.1, -0.05) is 6.07 Å². The smallest absolute Gasteiger partial charge is 0.335 e. The van der Waals surface area contributed by atoms with Gasteiger partial charge in [0, 0.05) is 11.1 Å². The highest BCUT2D eigenvalue weighted by atomic mass is 19.1. The Bertz CT molecular complexity index is 840. The Labute approximate surface area is 131 Å². The van der Waals surface area contributed by atoms with Gasteiger partial charge in [0.1, 0.15) is 11.6 Å². The monoisotopic (exact) mass is 313 g/mol. The summed E-state index contributed by atoms with van der Waals surface area (Å²) in [5.41, 5.74) is 1.86. The number of anilines is 1. The average Bonchev–Trinajstić information content (AvgIpc) is 2.85. The van der Waals surface area contributed by atoms with Gasteiger partial charge in [-0.25, -0.2) is 9.18 Å². The van der Waals surface area contributed by atoms with Crippen LogP contribution in [0.4, 0.5) is 10.1 Å². The number of halogens is 1. The summed E-state index contributed by atoms with van der Waals surface area (Å²) in [6.45, 7) is 0. The number of hydrogen-bond donors (Lipinski definition) is 2. The predicted molar refractivity (Wildman–Crippen MR) is 82.3 cm³/mol. The van der Waals surface area contributed by atoms with Gasteiger partial charge in [-0.3, -0.25) is 4.79 Å². The van der Waals surface area contributed by atoms with Crippen LogP contribution in [0.1, 0.15) is 21.5 Å². The number of ether oxygens (including phenoxy) is 1. The summed E-state index contributed by atoms with van der Waals surface area (Å²) in [5, 5.41) is 11.6. The van der Waals surface area contributed by atoms with Crippen molar-refractivity contribution in [2.75, 3.05) is 12.4 Å². The van der Waals surface area contributed by atoms with Crippen LogP contribution in [0, 0.1) is 5.82 Å². The number of benzene rings is 2. The highest BCUT2D eigenvalue weighted by Gasteiger charge is 2.29. The first-order valence-corrected chi connectivity index (χ1v) is 6.74. The van der Waals surface area contributed by atoms with E-state index >= 15 is 0 Å². The number of fused-ring (bicyclic) bond motifs is 1. The second kappa shape index (κ2) is 5.57. The van der Waals surface area contributed by atoms with Gasteiger partial charge in [0.05, 0.1) is 23.9 Å². The van der Waals surface area contributed by atoms with Crippen molar-refractivity contribution in [3.63, 3.8) is 0 Å². The van der Waals surface area contributed by atoms with E-state index in [1.807, 2.05) is 0 Å². The fraction of sp³-hybridized carbons (Fsp3) is 0.0588. The molecule has 116 valence electrons. The molecule has 3 rings (SSSR count). The summed E-state index contributed by atoms with van der Waals surface area (Å²) in [7, 11) is 1.42. The maximum absolute atomic E-state index is 13.1. The molecular formula is C17H12FNO4. The lowest BCUT2D eigenvalue weighted by atomic mass is 10.0. The molecule has 0 atom stereocenters. The summed E-state index contributed by atoms with van der Waals surface area (Å²) < 4.78 is 18.4. The molecule has 0 spiro atoms. The molecule has 2 N–H and O–H groups in total. The average molecular weight is 313 g/mol. The van der Waals surface area contributed by atoms with Crippen LogP contribution < -0.4 is 5.32 Å². The molecule has 6 heteroatoms. The van der Waals surface area contributed by atoms with Gasteiger partial charge in [0.25, 0.3) is 5.91 Å². The van der Waals surface area contributed by atoms with Crippen molar-refractivity contribution in [3.8, 4) is 0 Å². The number of amides is 1. The van der Waals surface area contributed by atoms with Gasteiger partial charge in [-0.2, -0.15) is 0 Å². The normalized spacial score (nSPS) is 15.0. The third-order valence-electron chi connectivity index (χ3n) is 3.55. The Morgan fingerprint density at radius 1 is 1.13 bits per heavy atom. The van der Waals surface area contributed by atoms with Crippen molar-refractivity contribution < 1.29 is 23.8 Å². The van der Waals surface area contributed by atoms with Crippen LogP contribution in [-0.4, -0.2) is 24.1 Å². The quantitative estimate of drug-likeness (QED) is 0.675. The fourth-order valence-electron chi connectivity index (χ4n) is 2.50. The van der Waals surface area contributed by atoms with Gasteiger partial charge in [0.2, 0.25) is 0 Å². The van der Waals surface area contributed by atoms with Crippen LogP contribution in [0.15, 0.2) is 42.5 Å². The highest BCUT2D eigenvalue weighted by Crippen LogP contribution is 2.37. The molecule has 0 aromatic heterocycles. The number of rotatable bonds is 3. The molecule has 5 nitrogen and oxygen atoms in total. The van der Waals surface area contributed by atoms with E-state index in [1.54, 1.807) is 6.07 Å². The number of nitrogens with one attached hydrogen (secondary N) is 1. The molecule has 0 saturated heterocycles. The van der Waals surface area contributed by atoms with Crippen LogP contribution in [0.25, 0.3) is 11.3 Å². The van der Waals surface area contributed by atoms with E-state index < -0.39 is 17.7 Å². The van der Waals surface area contributed by atoms with Gasteiger partial charge >= 0.3 is 5.97 Å². The number of methoxy groups -OCH3 is 1. The van der Waals surface area contributed by atoms with Crippen molar-refractivity contribution in [3.05, 3.63) is 65.0 Å². The van der Waals surface area contributed by atoms with E-state index in [0.29, 0.717) is 22.6 Å². The van der Waals surface area contributed by atoms with Crippen LogP contribution in [0.3, 0.4) is 0 Å². The summed E-state index contributed by atoms with van der Waals surface area (Å²) >= 11 is 0. The molecular weight excluding hydrogens is 301 g/mol. The van der Waals surface area contributed by atoms with Crippen LogP contribution >= 0.6 is 0 Å². The molecule has 0 radical (unpaired) electrons. The third kappa shape index (κ3) is 2.55. The number of carbonyl (C=O) groups is 2. The molecule has 1 heterocycles. The van der Waals surface area contributed by atoms with Gasteiger partial charge in [0.15, 0.2) is 0 Å². The van der Waals surface area contributed by atoms with E-state index in [2.05, 4.69) is 5.32 Å². The van der Waals surface area contributed by atoms with E-state index in [-0.39, 0.29) is 11.1 Å². The third-order valence-corrected chi connectivity index (χ3v) is 3.55. The van der Waals surface area contributed by atoms with Crippen molar-refractivity contribution in [1.29, 1.82) is 0 Å². The molecule has 2 aromatic rings. The minimum Gasteiger partial charge on any atom is -0.495 e. The minimum absolute atomic E-state index is 0.0750. The fourth-order valence-corrected chi connectivity index (χ4v) is 2.50. The maximum atomic E-state index is 13.1. The molecule has 1 aliphatic rings. The van der Waals surface area contributed by atoms with Crippen molar-refractivity contribution in [2.45, 2.75) is 0 Å². The lowest BCUT2D eigenvalue weighted by Crippen LogP contribution is -2.06. The number of carbonyl (C=O) groups excluding carboxylic acids is 1. The molecule has 0 saturated carbocycles. The summed E-state index contributed by atoms with van der Waals surface area (Å²) in [5.74, 6) is -1.57. The first-order valence-electron chi connectivity index (χ1n) is 6.74. The molecule has 2 aromatic carbocycles. The maximum Gasteiger partial charge on any atom is 0.335 e. The topological polar surface area (TPSA) is 75.6 Å². The van der Waals surface area contributed by atoms with Crippen LogP contribution in [0.2, 0.25) is 0 Å². The minimum atomic E-state index is -1.08. The number of carboxylic acid groups (broad SMARTS) is 1. The number of carboxylic acids is 1. The zero-order valence-corrected chi connectivity index (χ0v) is 12.1. The Morgan fingerprint density at radius 3 is 2.39 bits per heavy atom. The molecule has 0 unspecified atom stereocenters. The van der Waals surface area contributed by atoms with Crippen molar-refractivity contribution in [2.24, 2.45) is 0 Å². The number of hydrogen-bond acceptors (Lipinski definition) is 3.